The molecular formula is C18H16N2O4. The Balaban J connectivity index is 2.02. The van der Waals surface area contributed by atoms with Gasteiger partial charge in [0.25, 0.3) is 5.91 Å². The van der Waals surface area contributed by atoms with Crippen LogP contribution in [0.25, 0.3) is 10.9 Å². The number of anilines is 1. The number of esters is 1. The van der Waals surface area contributed by atoms with Gasteiger partial charge in [-0.3, -0.25) is 4.79 Å². The number of methoxy groups -OCH3 is 2. The summed E-state index contributed by atoms with van der Waals surface area (Å²) < 4.78 is 9.92. The van der Waals surface area contributed by atoms with Gasteiger partial charge in [-0.15, -0.1) is 0 Å². The lowest BCUT2D eigenvalue weighted by molar-refractivity contribution is 0.0596. The quantitative estimate of drug-likeness (QED) is 0.722. The van der Waals surface area contributed by atoms with Crippen LogP contribution in [0.4, 0.5) is 5.69 Å². The van der Waals surface area contributed by atoms with Crippen molar-refractivity contribution in [2.24, 2.45) is 0 Å². The molecule has 0 saturated heterocycles. The first-order valence-electron chi connectivity index (χ1n) is 7.28. The Bertz CT molecular complexity index is 914. The highest BCUT2D eigenvalue weighted by atomic mass is 16.5. The van der Waals surface area contributed by atoms with Gasteiger partial charge >= 0.3 is 5.97 Å². The molecule has 2 aromatic carbocycles. The topological polar surface area (TPSA) is 80.4 Å². The number of benzene rings is 2. The van der Waals surface area contributed by atoms with Gasteiger partial charge in [0.1, 0.15) is 11.4 Å². The Hall–Kier alpha value is -3.28. The van der Waals surface area contributed by atoms with Crippen LogP contribution in [0, 0.1) is 0 Å². The smallest absolute Gasteiger partial charge is 0.356 e. The molecule has 0 spiro atoms. The van der Waals surface area contributed by atoms with Crippen LogP contribution in [0.2, 0.25) is 0 Å². The molecule has 6 nitrogen and oxygen atoms in total. The van der Waals surface area contributed by atoms with Crippen molar-refractivity contribution in [2.75, 3.05) is 19.5 Å². The standard InChI is InChI=1S/C18H16N2O4/c1-23-12-7-5-6-11(10-12)17(21)20-15-13-8-3-4-9-14(13)19-16(15)18(22)24-2/h3-10,19H,1-2H3,(H,20,21). The van der Waals surface area contributed by atoms with E-state index in [1.54, 1.807) is 24.3 Å². The SMILES string of the molecule is COC(=O)c1[nH]c2ccccc2c1NC(=O)c1cccc(OC)c1. The molecule has 0 saturated carbocycles. The number of para-hydroxylation sites is 1. The first-order valence-corrected chi connectivity index (χ1v) is 7.28. The van der Waals surface area contributed by atoms with E-state index in [2.05, 4.69) is 10.3 Å². The number of ether oxygens (including phenoxy) is 2. The summed E-state index contributed by atoms with van der Waals surface area (Å²) >= 11 is 0. The van der Waals surface area contributed by atoms with E-state index in [1.165, 1.54) is 14.2 Å². The van der Waals surface area contributed by atoms with Crippen molar-refractivity contribution >= 4 is 28.5 Å². The second-order valence-electron chi connectivity index (χ2n) is 5.10. The highest BCUT2D eigenvalue weighted by Gasteiger charge is 2.20. The van der Waals surface area contributed by atoms with E-state index < -0.39 is 5.97 Å². The average molecular weight is 324 g/mol. The van der Waals surface area contributed by atoms with E-state index in [0.717, 1.165) is 10.9 Å². The monoisotopic (exact) mass is 324 g/mol. The number of carbonyl (C=O) groups excluding carboxylic acids is 2. The molecule has 1 aromatic heterocycles. The van der Waals surface area contributed by atoms with Gasteiger partial charge in [0, 0.05) is 16.5 Å². The Morgan fingerprint density at radius 1 is 1.04 bits per heavy atom. The molecule has 0 unspecified atom stereocenters. The Morgan fingerprint density at radius 3 is 2.58 bits per heavy atom. The summed E-state index contributed by atoms with van der Waals surface area (Å²) in [5.41, 5.74) is 1.76. The first-order chi connectivity index (χ1) is 11.6. The molecule has 3 aromatic rings. The molecule has 0 aliphatic rings. The number of amides is 1. The predicted molar refractivity (Wildman–Crippen MR) is 90.6 cm³/mol. The molecular weight excluding hydrogens is 308 g/mol. The van der Waals surface area contributed by atoms with Crippen molar-refractivity contribution in [2.45, 2.75) is 0 Å². The van der Waals surface area contributed by atoms with Crippen molar-refractivity contribution < 1.29 is 19.1 Å². The predicted octanol–water partition coefficient (Wildman–Crippen LogP) is 3.22. The fourth-order valence-electron chi connectivity index (χ4n) is 2.48. The zero-order valence-electron chi connectivity index (χ0n) is 13.3. The Labute approximate surface area is 138 Å². The Kier molecular flexibility index (Phi) is 4.20. The second kappa shape index (κ2) is 6.45. The molecule has 6 heteroatoms. The van der Waals surface area contributed by atoms with Crippen LogP contribution >= 0.6 is 0 Å². The minimum atomic E-state index is -0.549. The average Bonchev–Trinajstić information content (AvgIpc) is 2.99. The zero-order chi connectivity index (χ0) is 17.1. The molecule has 24 heavy (non-hydrogen) atoms. The first kappa shape index (κ1) is 15.6. The minimum Gasteiger partial charge on any atom is -0.497 e. The van der Waals surface area contributed by atoms with Crippen molar-refractivity contribution in [3.05, 3.63) is 59.8 Å². The molecule has 0 bridgehead atoms. The van der Waals surface area contributed by atoms with Gasteiger partial charge in [0.05, 0.1) is 19.9 Å². The van der Waals surface area contributed by atoms with Gasteiger partial charge in [0.2, 0.25) is 0 Å². The Morgan fingerprint density at radius 2 is 1.83 bits per heavy atom. The molecule has 0 fully saturated rings. The number of H-pyrrole nitrogens is 1. The molecule has 122 valence electrons. The maximum atomic E-state index is 12.6. The number of carbonyl (C=O) groups is 2. The summed E-state index contributed by atoms with van der Waals surface area (Å²) in [5.74, 6) is -0.314. The van der Waals surface area contributed by atoms with E-state index in [0.29, 0.717) is 17.0 Å². The van der Waals surface area contributed by atoms with Crippen LogP contribution in [0.1, 0.15) is 20.8 Å². The summed E-state index contributed by atoms with van der Waals surface area (Å²) in [5, 5.41) is 3.52. The van der Waals surface area contributed by atoms with Crippen molar-refractivity contribution in [1.29, 1.82) is 0 Å². The number of aromatic amines is 1. The van der Waals surface area contributed by atoms with E-state index in [1.807, 2.05) is 24.3 Å². The van der Waals surface area contributed by atoms with Gasteiger partial charge in [0.15, 0.2) is 0 Å². The second-order valence-corrected chi connectivity index (χ2v) is 5.10. The van der Waals surface area contributed by atoms with Gasteiger partial charge < -0.3 is 19.8 Å². The number of hydrogen-bond acceptors (Lipinski definition) is 4. The van der Waals surface area contributed by atoms with E-state index in [4.69, 9.17) is 9.47 Å². The number of hydrogen-bond donors (Lipinski definition) is 2. The van der Waals surface area contributed by atoms with Gasteiger partial charge in [-0.2, -0.15) is 0 Å². The number of aromatic nitrogens is 1. The lowest BCUT2D eigenvalue weighted by atomic mass is 10.1. The van der Waals surface area contributed by atoms with Crippen LogP contribution in [0.15, 0.2) is 48.5 Å². The zero-order valence-corrected chi connectivity index (χ0v) is 13.3. The lowest BCUT2D eigenvalue weighted by Crippen LogP contribution is -2.15. The largest absolute Gasteiger partial charge is 0.497 e. The summed E-state index contributed by atoms with van der Waals surface area (Å²) in [6.07, 6.45) is 0. The lowest BCUT2D eigenvalue weighted by Gasteiger charge is -2.08. The fraction of sp³-hybridized carbons (Fsp3) is 0.111. The van der Waals surface area contributed by atoms with E-state index in [9.17, 15) is 9.59 Å². The molecule has 0 radical (unpaired) electrons. The fourth-order valence-corrected chi connectivity index (χ4v) is 2.48. The molecule has 1 heterocycles. The van der Waals surface area contributed by atoms with Crippen LogP contribution in [0.3, 0.4) is 0 Å². The summed E-state index contributed by atoms with van der Waals surface area (Å²) in [4.78, 5) is 27.5. The van der Waals surface area contributed by atoms with E-state index in [-0.39, 0.29) is 11.6 Å². The minimum absolute atomic E-state index is 0.204. The highest BCUT2D eigenvalue weighted by molar-refractivity contribution is 6.14. The number of rotatable bonds is 4. The molecule has 0 atom stereocenters. The maximum absolute atomic E-state index is 12.6. The van der Waals surface area contributed by atoms with Crippen LogP contribution in [-0.2, 0) is 4.74 Å². The molecule has 2 N–H and O–H groups in total. The molecule has 0 aliphatic carbocycles. The van der Waals surface area contributed by atoms with Crippen molar-refractivity contribution in [3.63, 3.8) is 0 Å². The van der Waals surface area contributed by atoms with Crippen molar-refractivity contribution in [3.8, 4) is 5.75 Å². The van der Waals surface area contributed by atoms with Gasteiger partial charge in [-0.1, -0.05) is 24.3 Å². The summed E-state index contributed by atoms with van der Waals surface area (Å²) in [7, 11) is 2.83. The van der Waals surface area contributed by atoms with Crippen molar-refractivity contribution in [1.82, 2.24) is 4.98 Å². The van der Waals surface area contributed by atoms with E-state index >= 15 is 0 Å². The van der Waals surface area contributed by atoms with Crippen LogP contribution in [-0.4, -0.2) is 31.1 Å². The normalized spacial score (nSPS) is 10.4. The third-order valence-electron chi connectivity index (χ3n) is 3.67. The highest BCUT2D eigenvalue weighted by Crippen LogP contribution is 2.29. The third kappa shape index (κ3) is 2.81. The van der Waals surface area contributed by atoms with Gasteiger partial charge in [-0.25, -0.2) is 4.79 Å². The maximum Gasteiger partial charge on any atom is 0.356 e. The summed E-state index contributed by atoms with van der Waals surface area (Å²) in [6, 6.07) is 14.1. The van der Waals surface area contributed by atoms with Gasteiger partial charge in [-0.05, 0) is 24.3 Å². The molecule has 1 amide bonds. The molecule has 3 rings (SSSR count). The van der Waals surface area contributed by atoms with Crippen LogP contribution < -0.4 is 10.1 Å². The number of nitrogens with one attached hydrogen (secondary N) is 2. The summed E-state index contributed by atoms with van der Waals surface area (Å²) in [6.45, 7) is 0. The number of fused-ring (bicyclic) bond motifs is 1. The molecule has 0 aliphatic heterocycles. The third-order valence-corrected chi connectivity index (χ3v) is 3.67. The van der Waals surface area contributed by atoms with Crippen LogP contribution in [0.5, 0.6) is 5.75 Å².